The van der Waals surface area contributed by atoms with Crippen LogP contribution >= 0.6 is 0 Å². The summed E-state index contributed by atoms with van der Waals surface area (Å²) in [7, 11) is 0. The number of anilines is 1. The van der Waals surface area contributed by atoms with Crippen LogP contribution in [0, 0.1) is 23.5 Å². The van der Waals surface area contributed by atoms with Gasteiger partial charge in [0.2, 0.25) is 11.6 Å². The Bertz CT molecular complexity index is 458. The van der Waals surface area contributed by atoms with Gasteiger partial charge in [-0.2, -0.15) is 22.5 Å². The molecule has 20 heavy (non-hydrogen) atoms. The lowest BCUT2D eigenvalue weighted by Gasteiger charge is -2.34. The quantitative estimate of drug-likeness (QED) is 0.630. The van der Waals surface area contributed by atoms with Crippen molar-refractivity contribution in [1.82, 2.24) is 4.98 Å². The Kier molecular flexibility index (Phi) is 4.80. The lowest BCUT2D eigenvalue weighted by molar-refractivity contribution is 0.0437. The molecule has 112 valence electrons. The summed E-state index contributed by atoms with van der Waals surface area (Å²) >= 11 is 0. The molecule has 0 spiro atoms. The number of nitrogens with zero attached hydrogens (tertiary/aromatic N) is 2. The van der Waals surface area contributed by atoms with Gasteiger partial charge in [0.1, 0.15) is 5.69 Å². The van der Waals surface area contributed by atoms with Crippen LogP contribution in [0.3, 0.4) is 0 Å². The Labute approximate surface area is 114 Å². The smallest absolute Gasteiger partial charge is 0.253 e. The fourth-order valence-corrected chi connectivity index (χ4v) is 2.32. The molecule has 0 amide bonds. The number of aromatic nitrogens is 1. The Morgan fingerprint density at radius 1 is 1.20 bits per heavy atom. The molecule has 1 fully saturated rings. The molecule has 1 saturated heterocycles. The Hall–Kier alpha value is -1.37. The first-order chi connectivity index (χ1) is 9.54. The molecule has 3 nitrogen and oxygen atoms in total. The summed E-state index contributed by atoms with van der Waals surface area (Å²) in [5.74, 6) is -6.17. The third-order valence-corrected chi connectivity index (χ3v) is 3.23. The minimum absolute atomic E-state index is 0.193. The zero-order chi connectivity index (χ0) is 14.7. The number of hydrogen-bond acceptors (Lipinski definition) is 3. The monoisotopic (exact) mass is 292 g/mol. The van der Waals surface area contributed by atoms with Crippen LogP contribution in [0.1, 0.15) is 26.2 Å². The second kappa shape index (κ2) is 6.39. The minimum Gasteiger partial charge on any atom is -0.376 e. The first kappa shape index (κ1) is 15.0. The molecule has 2 heterocycles. The van der Waals surface area contributed by atoms with E-state index in [0.29, 0.717) is 19.6 Å². The lowest BCUT2D eigenvalue weighted by Crippen LogP contribution is -2.41. The second-order valence-electron chi connectivity index (χ2n) is 4.75. The minimum atomic E-state index is -1.63. The number of piperidine rings is 1. The van der Waals surface area contributed by atoms with Crippen LogP contribution in [-0.2, 0) is 4.74 Å². The second-order valence-corrected chi connectivity index (χ2v) is 4.75. The lowest BCUT2D eigenvalue weighted by atomic mass is 10.1. The van der Waals surface area contributed by atoms with E-state index >= 15 is 0 Å². The summed E-state index contributed by atoms with van der Waals surface area (Å²) < 4.78 is 59.1. The van der Waals surface area contributed by atoms with Crippen LogP contribution in [-0.4, -0.2) is 30.8 Å². The molecule has 1 aliphatic rings. The van der Waals surface area contributed by atoms with Gasteiger partial charge in [-0.3, -0.25) is 0 Å². The summed E-state index contributed by atoms with van der Waals surface area (Å²) in [4.78, 5) is 3.84. The van der Waals surface area contributed by atoms with Gasteiger partial charge in [-0.15, -0.1) is 0 Å². The highest BCUT2D eigenvalue weighted by Gasteiger charge is 2.29. The van der Waals surface area contributed by atoms with Crippen LogP contribution in [0.2, 0.25) is 0 Å². The highest BCUT2D eigenvalue weighted by atomic mass is 19.2. The van der Waals surface area contributed by atoms with Crippen molar-refractivity contribution in [1.29, 1.82) is 0 Å². The normalized spacial score (nSPS) is 19.4. The average molecular weight is 292 g/mol. The van der Waals surface area contributed by atoms with Crippen molar-refractivity contribution < 1.29 is 22.3 Å². The van der Waals surface area contributed by atoms with Gasteiger partial charge in [0, 0.05) is 19.7 Å². The van der Waals surface area contributed by atoms with Gasteiger partial charge < -0.3 is 9.64 Å². The van der Waals surface area contributed by atoms with E-state index in [0.717, 1.165) is 12.8 Å². The van der Waals surface area contributed by atoms with Crippen molar-refractivity contribution in [2.75, 3.05) is 24.6 Å². The fraction of sp³-hybridized carbons (Fsp3) is 0.615. The predicted molar refractivity (Wildman–Crippen MR) is 65.5 cm³/mol. The number of hydrogen-bond donors (Lipinski definition) is 0. The highest BCUT2D eigenvalue weighted by Crippen LogP contribution is 2.29. The van der Waals surface area contributed by atoms with E-state index in [9.17, 15) is 17.6 Å². The third-order valence-electron chi connectivity index (χ3n) is 3.23. The van der Waals surface area contributed by atoms with E-state index in [1.165, 1.54) is 4.90 Å². The third kappa shape index (κ3) is 3.03. The SMILES string of the molecule is CCCOC1CCCN(c2c(F)c(F)nc(F)c2F)C1. The molecule has 1 unspecified atom stereocenters. The van der Waals surface area contributed by atoms with E-state index < -0.39 is 29.2 Å². The Morgan fingerprint density at radius 2 is 1.85 bits per heavy atom. The van der Waals surface area contributed by atoms with Crippen LogP contribution in [0.15, 0.2) is 0 Å². The maximum Gasteiger partial charge on any atom is 0.253 e. The highest BCUT2D eigenvalue weighted by molar-refractivity contribution is 5.49. The summed E-state index contributed by atoms with van der Waals surface area (Å²) in [5, 5.41) is 0. The first-order valence-electron chi connectivity index (χ1n) is 6.61. The number of ether oxygens (including phenoxy) is 1. The van der Waals surface area contributed by atoms with E-state index in [1.54, 1.807) is 0 Å². The van der Waals surface area contributed by atoms with Gasteiger partial charge in [0.25, 0.3) is 11.9 Å². The van der Waals surface area contributed by atoms with Crippen molar-refractivity contribution in [3.05, 3.63) is 23.5 Å². The van der Waals surface area contributed by atoms with Gasteiger partial charge in [-0.1, -0.05) is 6.92 Å². The van der Waals surface area contributed by atoms with Crippen LogP contribution in [0.5, 0.6) is 0 Å². The van der Waals surface area contributed by atoms with Crippen molar-refractivity contribution in [2.24, 2.45) is 0 Å². The molecule has 1 atom stereocenters. The van der Waals surface area contributed by atoms with Crippen LogP contribution in [0.4, 0.5) is 23.2 Å². The summed E-state index contributed by atoms with van der Waals surface area (Å²) in [6.07, 6.45) is 2.04. The largest absolute Gasteiger partial charge is 0.376 e. The van der Waals surface area contributed by atoms with E-state index in [4.69, 9.17) is 4.74 Å². The Balaban J connectivity index is 2.22. The van der Waals surface area contributed by atoms with Gasteiger partial charge in [0.05, 0.1) is 6.10 Å². The van der Waals surface area contributed by atoms with Gasteiger partial charge in [-0.05, 0) is 19.3 Å². The predicted octanol–water partition coefficient (Wildman–Crippen LogP) is 3.03. The van der Waals surface area contributed by atoms with Crippen molar-refractivity contribution in [2.45, 2.75) is 32.3 Å². The first-order valence-corrected chi connectivity index (χ1v) is 6.61. The summed E-state index contributed by atoms with van der Waals surface area (Å²) in [6.45, 7) is 3.02. The average Bonchev–Trinajstić information content (AvgIpc) is 2.44. The Morgan fingerprint density at radius 3 is 2.45 bits per heavy atom. The van der Waals surface area contributed by atoms with Crippen LogP contribution in [0.25, 0.3) is 0 Å². The van der Waals surface area contributed by atoms with Gasteiger partial charge in [-0.25, -0.2) is 0 Å². The summed E-state index contributed by atoms with van der Waals surface area (Å²) in [6, 6.07) is 0. The van der Waals surface area contributed by atoms with Gasteiger partial charge in [0.15, 0.2) is 0 Å². The standard InChI is InChI=1S/C13H16F4N2O/c1-2-6-20-8-4-3-5-19(7-8)11-9(14)12(16)18-13(17)10(11)15/h8H,2-7H2,1H3. The fourth-order valence-electron chi connectivity index (χ4n) is 2.32. The molecule has 7 heteroatoms. The molecule has 0 N–H and O–H groups in total. The topological polar surface area (TPSA) is 25.4 Å². The van der Waals surface area contributed by atoms with Crippen LogP contribution < -0.4 is 4.90 Å². The maximum atomic E-state index is 13.7. The molecule has 1 aromatic rings. The molecule has 0 radical (unpaired) electrons. The van der Waals surface area contributed by atoms with Crippen molar-refractivity contribution in [3.63, 3.8) is 0 Å². The van der Waals surface area contributed by atoms with Crippen molar-refractivity contribution >= 4 is 5.69 Å². The molecule has 0 aliphatic carbocycles. The molecule has 0 bridgehead atoms. The van der Waals surface area contributed by atoms with E-state index in [2.05, 4.69) is 4.98 Å². The maximum absolute atomic E-state index is 13.7. The summed E-state index contributed by atoms with van der Waals surface area (Å²) in [5.41, 5.74) is -0.695. The van der Waals surface area contributed by atoms with Gasteiger partial charge >= 0.3 is 0 Å². The molecular weight excluding hydrogens is 276 g/mol. The number of rotatable bonds is 4. The number of halogens is 4. The molecule has 2 rings (SSSR count). The van der Waals surface area contributed by atoms with Crippen molar-refractivity contribution in [3.8, 4) is 0 Å². The van der Waals surface area contributed by atoms with E-state index in [-0.39, 0.29) is 12.6 Å². The molecule has 0 aromatic carbocycles. The number of pyridine rings is 1. The molecule has 1 aromatic heterocycles. The molecular formula is C13H16F4N2O. The van der Waals surface area contributed by atoms with E-state index in [1.807, 2.05) is 6.92 Å². The zero-order valence-electron chi connectivity index (χ0n) is 11.1. The zero-order valence-corrected chi connectivity index (χ0v) is 11.1. The molecule has 0 saturated carbocycles. The molecule has 1 aliphatic heterocycles.